The Morgan fingerprint density at radius 3 is 2.38 bits per heavy atom. The van der Waals surface area contributed by atoms with E-state index in [-0.39, 0.29) is 23.5 Å². The predicted octanol–water partition coefficient (Wildman–Crippen LogP) is 2.25. The van der Waals surface area contributed by atoms with E-state index in [1.54, 1.807) is 12.1 Å². The van der Waals surface area contributed by atoms with Gasteiger partial charge in [-0.25, -0.2) is 0 Å². The summed E-state index contributed by atoms with van der Waals surface area (Å²) in [6.07, 6.45) is 1.44. The predicted molar refractivity (Wildman–Crippen MR) is 108 cm³/mol. The maximum absolute atomic E-state index is 13.0. The number of nitriles is 1. The molecule has 0 bridgehead atoms. The molecule has 0 radical (unpaired) electrons. The van der Waals surface area contributed by atoms with Crippen LogP contribution >= 0.6 is 0 Å². The van der Waals surface area contributed by atoms with E-state index >= 15 is 0 Å². The Bertz CT molecular complexity index is 860. The Labute approximate surface area is 170 Å². The van der Waals surface area contributed by atoms with Gasteiger partial charge >= 0.3 is 0 Å². The van der Waals surface area contributed by atoms with Gasteiger partial charge in [-0.2, -0.15) is 5.26 Å². The van der Waals surface area contributed by atoms with Gasteiger partial charge < -0.3 is 14.6 Å². The molecule has 7 nitrogen and oxygen atoms in total. The van der Waals surface area contributed by atoms with Gasteiger partial charge in [0.2, 0.25) is 5.91 Å². The number of nitrogens with zero attached hydrogens (tertiary/aromatic N) is 3. The van der Waals surface area contributed by atoms with Crippen LogP contribution in [0.15, 0.2) is 47.1 Å². The lowest BCUT2D eigenvalue weighted by molar-refractivity contribution is -0.136. The maximum Gasteiger partial charge on any atom is 0.287 e. The first kappa shape index (κ1) is 20.6. The molecule has 29 heavy (non-hydrogen) atoms. The number of carbonyl (C=O) groups is 2. The van der Waals surface area contributed by atoms with Crippen LogP contribution in [0.25, 0.3) is 0 Å². The van der Waals surface area contributed by atoms with Crippen LogP contribution in [0.3, 0.4) is 0 Å². The van der Waals surface area contributed by atoms with Crippen LogP contribution in [0.5, 0.6) is 0 Å². The van der Waals surface area contributed by atoms with Gasteiger partial charge in [-0.1, -0.05) is 26.0 Å². The quantitative estimate of drug-likeness (QED) is 0.812. The molecular weight excluding hydrogens is 368 g/mol. The first-order valence-corrected chi connectivity index (χ1v) is 9.82. The van der Waals surface area contributed by atoms with Gasteiger partial charge in [0.15, 0.2) is 5.76 Å². The van der Waals surface area contributed by atoms with Crippen molar-refractivity contribution >= 4 is 11.8 Å². The summed E-state index contributed by atoms with van der Waals surface area (Å²) in [7, 11) is 0. The van der Waals surface area contributed by atoms with Crippen molar-refractivity contribution in [2.24, 2.45) is 5.92 Å². The molecule has 0 spiro atoms. The zero-order valence-electron chi connectivity index (χ0n) is 16.8. The monoisotopic (exact) mass is 394 g/mol. The summed E-state index contributed by atoms with van der Waals surface area (Å²) in [5, 5.41) is 11.7. The summed E-state index contributed by atoms with van der Waals surface area (Å²) >= 11 is 0. The third kappa shape index (κ3) is 5.24. The van der Waals surface area contributed by atoms with E-state index in [2.05, 4.69) is 16.3 Å². The van der Waals surface area contributed by atoms with E-state index in [0.29, 0.717) is 18.7 Å². The molecule has 2 aromatic rings. The molecule has 1 aromatic heterocycles. The van der Waals surface area contributed by atoms with E-state index in [1.165, 1.54) is 6.26 Å². The topological polar surface area (TPSA) is 89.6 Å². The van der Waals surface area contributed by atoms with Gasteiger partial charge in [-0.3, -0.25) is 14.5 Å². The smallest absolute Gasteiger partial charge is 0.287 e. The van der Waals surface area contributed by atoms with Crippen molar-refractivity contribution in [2.45, 2.75) is 26.4 Å². The number of hydrogen-bond acceptors (Lipinski definition) is 5. The molecule has 1 fully saturated rings. The molecule has 1 saturated heterocycles. The number of hydrogen-bond donors (Lipinski definition) is 1. The SMILES string of the molecule is CC(C)C(NC(=O)c1ccco1)C(=O)N1CCN(Cc2ccc(C#N)cc2)CC1. The van der Waals surface area contributed by atoms with Crippen LogP contribution in [-0.2, 0) is 11.3 Å². The summed E-state index contributed by atoms with van der Waals surface area (Å²) in [5.41, 5.74) is 1.80. The van der Waals surface area contributed by atoms with E-state index in [4.69, 9.17) is 9.68 Å². The molecule has 1 unspecified atom stereocenters. The van der Waals surface area contributed by atoms with Gasteiger partial charge in [0.05, 0.1) is 17.9 Å². The zero-order chi connectivity index (χ0) is 20.8. The van der Waals surface area contributed by atoms with Crippen LogP contribution in [0.2, 0.25) is 0 Å². The molecule has 3 rings (SSSR count). The Morgan fingerprint density at radius 2 is 1.83 bits per heavy atom. The highest BCUT2D eigenvalue weighted by Crippen LogP contribution is 2.13. The molecule has 7 heteroatoms. The molecule has 0 saturated carbocycles. The average molecular weight is 394 g/mol. The molecule has 2 amide bonds. The first-order chi connectivity index (χ1) is 14.0. The van der Waals surface area contributed by atoms with E-state index in [0.717, 1.165) is 25.2 Å². The van der Waals surface area contributed by atoms with Crippen molar-refractivity contribution in [3.63, 3.8) is 0 Å². The largest absolute Gasteiger partial charge is 0.459 e. The van der Waals surface area contributed by atoms with Gasteiger partial charge in [0, 0.05) is 32.7 Å². The van der Waals surface area contributed by atoms with E-state index in [9.17, 15) is 9.59 Å². The highest BCUT2D eigenvalue weighted by atomic mass is 16.3. The average Bonchev–Trinajstić information content (AvgIpc) is 3.27. The summed E-state index contributed by atoms with van der Waals surface area (Å²) in [5.74, 6) is -0.256. The third-order valence-electron chi connectivity index (χ3n) is 5.14. The minimum absolute atomic E-state index is 0.0295. The third-order valence-corrected chi connectivity index (χ3v) is 5.14. The zero-order valence-corrected chi connectivity index (χ0v) is 16.8. The Morgan fingerprint density at radius 1 is 1.14 bits per heavy atom. The number of carbonyl (C=O) groups excluding carboxylic acids is 2. The van der Waals surface area contributed by atoms with Crippen LogP contribution in [0.4, 0.5) is 0 Å². The minimum Gasteiger partial charge on any atom is -0.459 e. The molecule has 1 aliphatic rings. The van der Waals surface area contributed by atoms with Crippen LogP contribution in [0, 0.1) is 17.2 Å². The van der Waals surface area contributed by atoms with Gasteiger partial charge in [0.25, 0.3) is 5.91 Å². The maximum atomic E-state index is 13.0. The van der Waals surface area contributed by atoms with Crippen molar-refractivity contribution in [3.05, 3.63) is 59.5 Å². The second-order valence-electron chi connectivity index (χ2n) is 7.58. The molecule has 2 heterocycles. The summed E-state index contributed by atoms with van der Waals surface area (Å²) < 4.78 is 5.12. The van der Waals surface area contributed by atoms with Gasteiger partial charge in [-0.15, -0.1) is 0 Å². The van der Waals surface area contributed by atoms with Crippen LogP contribution in [-0.4, -0.2) is 53.8 Å². The normalized spacial score (nSPS) is 15.7. The first-order valence-electron chi connectivity index (χ1n) is 9.82. The number of benzene rings is 1. The van der Waals surface area contributed by atoms with Crippen LogP contribution < -0.4 is 5.32 Å². The highest BCUT2D eigenvalue weighted by Gasteiger charge is 2.31. The Hall–Kier alpha value is -3.11. The van der Waals surface area contributed by atoms with Crippen molar-refractivity contribution in [1.82, 2.24) is 15.1 Å². The number of amides is 2. The molecular formula is C22H26N4O3. The molecule has 152 valence electrons. The van der Waals surface area contributed by atoms with Gasteiger partial charge in [-0.05, 0) is 35.7 Å². The summed E-state index contributed by atoms with van der Waals surface area (Å²) in [4.78, 5) is 29.4. The Balaban J connectivity index is 1.54. The van der Waals surface area contributed by atoms with E-state index < -0.39 is 6.04 Å². The standard InChI is InChI=1S/C22H26N4O3/c1-16(2)20(24-21(27)19-4-3-13-29-19)22(28)26-11-9-25(10-12-26)15-18-7-5-17(14-23)6-8-18/h3-8,13,16,20H,9-12,15H2,1-2H3,(H,24,27). The number of furan rings is 1. The molecule has 1 aliphatic heterocycles. The highest BCUT2D eigenvalue weighted by molar-refractivity contribution is 5.95. The minimum atomic E-state index is -0.585. The second kappa shape index (κ2) is 9.39. The lowest BCUT2D eigenvalue weighted by atomic mass is 10.0. The van der Waals surface area contributed by atoms with Crippen molar-refractivity contribution < 1.29 is 14.0 Å². The van der Waals surface area contributed by atoms with Crippen molar-refractivity contribution in [3.8, 4) is 6.07 Å². The summed E-state index contributed by atoms with van der Waals surface area (Å²) in [6, 6.07) is 12.3. The number of nitrogens with one attached hydrogen (secondary N) is 1. The molecule has 1 aromatic carbocycles. The lowest BCUT2D eigenvalue weighted by Gasteiger charge is -2.37. The Kier molecular flexibility index (Phi) is 6.68. The molecule has 0 aliphatic carbocycles. The molecule has 1 atom stereocenters. The fourth-order valence-corrected chi connectivity index (χ4v) is 3.40. The van der Waals surface area contributed by atoms with Crippen LogP contribution in [0.1, 0.15) is 35.5 Å². The molecule has 1 N–H and O–H groups in total. The number of piperazine rings is 1. The van der Waals surface area contributed by atoms with Crippen molar-refractivity contribution in [2.75, 3.05) is 26.2 Å². The second-order valence-corrected chi connectivity index (χ2v) is 7.58. The van der Waals surface area contributed by atoms with E-state index in [1.807, 2.05) is 43.0 Å². The summed E-state index contributed by atoms with van der Waals surface area (Å²) in [6.45, 7) is 7.41. The fraction of sp³-hybridized carbons (Fsp3) is 0.409. The van der Waals surface area contributed by atoms with Gasteiger partial charge in [0.1, 0.15) is 6.04 Å². The lowest BCUT2D eigenvalue weighted by Crippen LogP contribution is -2.56. The fourth-order valence-electron chi connectivity index (χ4n) is 3.40. The number of rotatable bonds is 6. The van der Waals surface area contributed by atoms with Crippen molar-refractivity contribution in [1.29, 1.82) is 5.26 Å².